The van der Waals surface area contributed by atoms with Crippen molar-refractivity contribution in [2.24, 2.45) is 0 Å². The zero-order valence-electron chi connectivity index (χ0n) is 16.9. The van der Waals surface area contributed by atoms with Crippen molar-refractivity contribution in [1.82, 2.24) is 4.90 Å². The van der Waals surface area contributed by atoms with Crippen LogP contribution < -0.4 is 0 Å². The van der Waals surface area contributed by atoms with Crippen LogP contribution in [0.2, 0.25) is 5.02 Å². The summed E-state index contributed by atoms with van der Waals surface area (Å²) in [5.41, 5.74) is 2.80. The smallest absolute Gasteiger partial charge is 0.261 e. The number of amides is 2. The molecule has 0 N–H and O–H groups in total. The Balaban J connectivity index is 1.71. The third-order valence-corrected chi connectivity index (χ3v) is 5.66. The number of halogens is 1. The molecule has 4 heteroatoms. The molecule has 0 saturated heterocycles. The number of unbranched alkanes of at least 4 members (excludes halogenated alkanes) is 3. The van der Waals surface area contributed by atoms with E-state index in [0.29, 0.717) is 28.1 Å². The van der Waals surface area contributed by atoms with Gasteiger partial charge >= 0.3 is 0 Å². The van der Waals surface area contributed by atoms with Gasteiger partial charge in [-0.3, -0.25) is 14.5 Å². The first-order valence-corrected chi connectivity index (χ1v) is 10.7. The highest BCUT2D eigenvalue weighted by atomic mass is 35.5. The Hall–Kier alpha value is -3.09. The molecular formula is C26H22ClNO2. The fraction of sp³-hybridized carbons (Fsp3) is 0.231. The van der Waals surface area contributed by atoms with Gasteiger partial charge in [-0.2, -0.15) is 0 Å². The predicted octanol–water partition coefficient (Wildman–Crippen LogP) is 6.07. The molecule has 0 unspecified atom stereocenters. The second kappa shape index (κ2) is 8.73. The van der Waals surface area contributed by atoms with Crippen molar-refractivity contribution in [3.05, 3.63) is 81.9 Å². The summed E-state index contributed by atoms with van der Waals surface area (Å²) < 4.78 is 0. The maximum atomic E-state index is 13.1. The average Bonchev–Trinajstić information content (AvgIpc) is 2.76. The van der Waals surface area contributed by atoms with Gasteiger partial charge in [-0.15, -0.1) is 0 Å². The van der Waals surface area contributed by atoms with Crippen molar-refractivity contribution in [3.63, 3.8) is 0 Å². The zero-order chi connectivity index (χ0) is 21.1. The molecule has 1 aliphatic rings. The largest absolute Gasteiger partial charge is 0.274 e. The SMILES string of the molecule is CCCCCCN1C(=O)c2cccc3c(C#Cc4ccc(Cl)cc4)ccc(c23)C1=O. The van der Waals surface area contributed by atoms with Crippen LogP contribution in [0, 0.1) is 11.8 Å². The Kier molecular flexibility index (Phi) is 5.88. The monoisotopic (exact) mass is 415 g/mol. The van der Waals surface area contributed by atoms with Crippen molar-refractivity contribution < 1.29 is 9.59 Å². The van der Waals surface area contributed by atoms with Gasteiger partial charge < -0.3 is 0 Å². The van der Waals surface area contributed by atoms with Gasteiger partial charge in [0, 0.05) is 39.2 Å². The fourth-order valence-electron chi connectivity index (χ4n) is 3.83. The molecule has 0 atom stereocenters. The number of carbonyl (C=O) groups is 2. The molecule has 0 bridgehead atoms. The van der Waals surface area contributed by atoms with Crippen LogP contribution in [0.4, 0.5) is 0 Å². The molecule has 2 amide bonds. The Morgan fingerprint density at radius 3 is 2.30 bits per heavy atom. The average molecular weight is 416 g/mol. The van der Waals surface area contributed by atoms with Crippen LogP contribution in [0.15, 0.2) is 54.6 Å². The zero-order valence-corrected chi connectivity index (χ0v) is 17.6. The van der Waals surface area contributed by atoms with E-state index in [9.17, 15) is 9.59 Å². The maximum absolute atomic E-state index is 13.1. The third kappa shape index (κ3) is 3.84. The molecule has 4 rings (SSSR count). The normalized spacial score (nSPS) is 12.8. The van der Waals surface area contributed by atoms with Crippen LogP contribution in [0.3, 0.4) is 0 Å². The minimum Gasteiger partial charge on any atom is -0.274 e. The molecule has 150 valence electrons. The molecule has 3 aromatic rings. The van der Waals surface area contributed by atoms with Crippen molar-refractivity contribution in [1.29, 1.82) is 0 Å². The number of hydrogen-bond acceptors (Lipinski definition) is 2. The van der Waals surface area contributed by atoms with E-state index in [-0.39, 0.29) is 11.8 Å². The summed E-state index contributed by atoms with van der Waals surface area (Å²) in [6.45, 7) is 2.60. The molecular weight excluding hydrogens is 394 g/mol. The van der Waals surface area contributed by atoms with E-state index >= 15 is 0 Å². The summed E-state index contributed by atoms with van der Waals surface area (Å²) in [6, 6.07) is 16.6. The summed E-state index contributed by atoms with van der Waals surface area (Å²) >= 11 is 5.93. The summed E-state index contributed by atoms with van der Waals surface area (Å²) in [5, 5.41) is 2.21. The molecule has 0 aliphatic carbocycles. The quantitative estimate of drug-likeness (QED) is 0.288. The van der Waals surface area contributed by atoms with Gasteiger partial charge in [0.15, 0.2) is 0 Å². The van der Waals surface area contributed by atoms with Crippen molar-refractivity contribution in [2.45, 2.75) is 32.6 Å². The van der Waals surface area contributed by atoms with Gasteiger partial charge in [-0.25, -0.2) is 0 Å². The second-order valence-electron chi connectivity index (χ2n) is 7.47. The summed E-state index contributed by atoms with van der Waals surface area (Å²) in [5.74, 6) is 5.90. The lowest BCUT2D eigenvalue weighted by Crippen LogP contribution is -2.40. The van der Waals surface area contributed by atoms with E-state index in [2.05, 4.69) is 18.8 Å². The van der Waals surface area contributed by atoms with Gasteiger partial charge in [0.05, 0.1) is 0 Å². The molecule has 1 aliphatic heterocycles. The molecule has 30 heavy (non-hydrogen) atoms. The number of hydrogen-bond donors (Lipinski definition) is 0. The first-order valence-electron chi connectivity index (χ1n) is 10.3. The van der Waals surface area contributed by atoms with E-state index in [1.807, 2.05) is 30.3 Å². The van der Waals surface area contributed by atoms with Gasteiger partial charge in [-0.05, 0) is 54.3 Å². The molecule has 0 fully saturated rings. The van der Waals surface area contributed by atoms with Gasteiger partial charge in [0.1, 0.15) is 0 Å². The van der Waals surface area contributed by atoms with Crippen molar-refractivity contribution >= 4 is 34.2 Å². The topological polar surface area (TPSA) is 37.4 Å². The highest BCUT2D eigenvalue weighted by Gasteiger charge is 2.32. The predicted molar refractivity (Wildman–Crippen MR) is 121 cm³/mol. The van der Waals surface area contributed by atoms with Crippen LogP contribution in [0.1, 0.15) is 64.4 Å². The van der Waals surface area contributed by atoms with Crippen LogP contribution in [0.5, 0.6) is 0 Å². The van der Waals surface area contributed by atoms with Gasteiger partial charge in [0.25, 0.3) is 11.8 Å². The molecule has 0 spiro atoms. The van der Waals surface area contributed by atoms with E-state index in [1.165, 1.54) is 4.90 Å². The molecule has 0 radical (unpaired) electrons. The highest BCUT2D eigenvalue weighted by Crippen LogP contribution is 2.32. The van der Waals surface area contributed by atoms with E-state index in [0.717, 1.165) is 42.2 Å². The van der Waals surface area contributed by atoms with E-state index in [4.69, 9.17) is 11.6 Å². The molecule has 1 heterocycles. The Labute approximate surface area is 181 Å². The molecule has 3 aromatic carbocycles. The summed E-state index contributed by atoms with van der Waals surface area (Å²) in [6.07, 6.45) is 4.08. The minimum absolute atomic E-state index is 0.211. The standard InChI is InChI=1S/C26H22ClNO2/c1-2-3-4-5-17-28-25(29)22-8-6-7-21-19(13-16-23(24(21)22)26(28)30)12-9-18-10-14-20(27)15-11-18/h6-8,10-11,13-16H,2-5,17H2,1H3. The van der Waals surface area contributed by atoms with E-state index < -0.39 is 0 Å². The maximum Gasteiger partial charge on any atom is 0.261 e. The lowest BCUT2D eigenvalue weighted by atomic mass is 9.91. The Morgan fingerprint density at radius 2 is 1.57 bits per heavy atom. The molecule has 3 nitrogen and oxygen atoms in total. The number of carbonyl (C=O) groups excluding carboxylic acids is 2. The highest BCUT2D eigenvalue weighted by molar-refractivity contribution is 6.30. The molecule has 0 saturated carbocycles. The number of benzene rings is 3. The number of nitrogens with zero attached hydrogens (tertiary/aromatic N) is 1. The lowest BCUT2D eigenvalue weighted by molar-refractivity contribution is 0.0608. The lowest BCUT2D eigenvalue weighted by Gasteiger charge is -2.27. The third-order valence-electron chi connectivity index (χ3n) is 5.41. The number of imide groups is 1. The second-order valence-corrected chi connectivity index (χ2v) is 7.90. The van der Waals surface area contributed by atoms with E-state index in [1.54, 1.807) is 24.3 Å². The molecule has 0 aromatic heterocycles. The first kappa shape index (κ1) is 20.2. The summed E-state index contributed by atoms with van der Waals surface area (Å²) in [7, 11) is 0. The number of rotatable bonds is 5. The minimum atomic E-state index is -0.211. The first-order chi connectivity index (χ1) is 14.6. The van der Waals surface area contributed by atoms with Crippen molar-refractivity contribution in [3.8, 4) is 11.8 Å². The van der Waals surface area contributed by atoms with Crippen LogP contribution in [-0.4, -0.2) is 23.3 Å². The van der Waals surface area contributed by atoms with Crippen LogP contribution in [-0.2, 0) is 0 Å². The van der Waals surface area contributed by atoms with Gasteiger partial charge in [-0.1, -0.05) is 61.8 Å². The van der Waals surface area contributed by atoms with Crippen LogP contribution in [0.25, 0.3) is 10.8 Å². The Morgan fingerprint density at radius 1 is 0.833 bits per heavy atom. The van der Waals surface area contributed by atoms with Crippen LogP contribution >= 0.6 is 11.6 Å². The van der Waals surface area contributed by atoms with Gasteiger partial charge in [0.2, 0.25) is 0 Å². The fourth-order valence-corrected chi connectivity index (χ4v) is 3.95. The van der Waals surface area contributed by atoms with Crippen molar-refractivity contribution in [2.75, 3.05) is 6.54 Å². The Bertz CT molecular complexity index is 1160. The summed E-state index contributed by atoms with van der Waals surface area (Å²) in [4.78, 5) is 27.5.